The first-order valence-electron chi connectivity index (χ1n) is 18.2. The lowest BCUT2D eigenvalue weighted by molar-refractivity contribution is 0.673. The van der Waals surface area contributed by atoms with Crippen LogP contribution in [0.2, 0.25) is 0 Å². The monoisotopic (exact) mass is 700 g/mol. The molecule has 0 amide bonds. The summed E-state index contributed by atoms with van der Waals surface area (Å²) in [4.78, 5) is 0. The molecular weight excluding hydrogens is 673 g/mol. The summed E-state index contributed by atoms with van der Waals surface area (Å²) in [5.74, 6) is 0. The normalized spacial score (nSPS) is 11.6. The third-order valence-electron chi connectivity index (χ3n) is 11.0. The third kappa shape index (κ3) is 4.51. The molecule has 0 fully saturated rings. The highest BCUT2D eigenvalue weighted by atomic mass is 16.3. The molecule has 3 heterocycles. The molecule has 3 aromatic heterocycles. The molecule has 0 aliphatic carbocycles. The van der Waals surface area contributed by atoms with Crippen molar-refractivity contribution in [3.8, 4) is 45.8 Å². The van der Waals surface area contributed by atoms with Gasteiger partial charge in [-0.25, -0.2) is 0 Å². The molecular formula is C50H28N4O. The summed E-state index contributed by atoms with van der Waals surface area (Å²) in [6.07, 6.45) is 0. The zero-order chi connectivity index (χ0) is 36.6. The van der Waals surface area contributed by atoms with Gasteiger partial charge in [-0.3, -0.25) is 0 Å². The molecule has 254 valence electrons. The van der Waals surface area contributed by atoms with E-state index < -0.39 is 0 Å². The second kappa shape index (κ2) is 11.8. The lowest BCUT2D eigenvalue weighted by Crippen LogP contribution is -2.01. The van der Waals surface area contributed by atoms with Crippen LogP contribution in [0.4, 0.5) is 0 Å². The molecule has 0 aliphatic heterocycles. The van der Waals surface area contributed by atoms with Crippen LogP contribution in [0.15, 0.2) is 174 Å². The van der Waals surface area contributed by atoms with E-state index in [4.69, 9.17) is 4.42 Å². The average Bonchev–Trinajstić information content (AvgIpc) is 3.91. The number of fused-ring (bicyclic) bond motifs is 10. The van der Waals surface area contributed by atoms with Gasteiger partial charge in [-0.15, -0.1) is 0 Å². The zero-order valence-electron chi connectivity index (χ0n) is 29.4. The Morgan fingerprint density at radius 2 is 1.11 bits per heavy atom. The molecule has 55 heavy (non-hydrogen) atoms. The molecule has 5 heteroatoms. The Labute approximate surface area is 315 Å². The van der Waals surface area contributed by atoms with Crippen LogP contribution in [-0.4, -0.2) is 9.13 Å². The molecule has 0 unspecified atom stereocenters. The van der Waals surface area contributed by atoms with Crippen molar-refractivity contribution in [3.63, 3.8) is 0 Å². The lowest BCUT2D eigenvalue weighted by Gasteiger charge is -2.18. The molecule has 0 atom stereocenters. The lowest BCUT2D eigenvalue weighted by atomic mass is 9.93. The Bertz CT molecular complexity index is 3420. The van der Waals surface area contributed by atoms with Crippen LogP contribution in [0, 0.1) is 22.7 Å². The van der Waals surface area contributed by atoms with Crippen LogP contribution >= 0.6 is 0 Å². The van der Waals surface area contributed by atoms with Gasteiger partial charge in [0, 0.05) is 43.7 Å². The van der Waals surface area contributed by atoms with E-state index in [9.17, 15) is 10.5 Å². The molecule has 0 saturated carbocycles. The average molecular weight is 701 g/mol. The Kier molecular flexibility index (Phi) is 6.61. The van der Waals surface area contributed by atoms with Crippen molar-refractivity contribution in [3.05, 3.63) is 181 Å². The number of nitriles is 2. The van der Waals surface area contributed by atoms with Crippen molar-refractivity contribution in [2.24, 2.45) is 0 Å². The zero-order valence-corrected chi connectivity index (χ0v) is 29.4. The number of nitrogens with zero attached hydrogens (tertiary/aromatic N) is 4. The van der Waals surface area contributed by atoms with Gasteiger partial charge in [-0.2, -0.15) is 10.5 Å². The van der Waals surface area contributed by atoms with Gasteiger partial charge in [-0.05, 0) is 83.9 Å². The largest absolute Gasteiger partial charge is 0.455 e. The van der Waals surface area contributed by atoms with Crippen molar-refractivity contribution >= 4 is 65.6 Å². The summed E-state index contributed by atoms with van der Waals surface area (Å²) in [5, 5.41) is 26.7. The van der Waals surface area contributed by atoms with E-state index in [0.29, 0.717) is 11.1 Å². The fourth-order valence-electron chi connectivity index (χ4n) is 8.59. The highest BCUT2D eigenvalue weighted by Crippen LogP contribution is 2.43. The van der Waals surface area contributed by atoms with Gasteiger partial charge < -0.3 is 13.6 Å². The smallest absolute Gasteiger partial charge is 0.145 e. The number of para-hydroxylation sites is 4. The van der Waals surface area contributed by atoms with Gasteiger partial charge in [0.1, 0.15) is 11.2 Å². The fraction of sp³-hybridized carbons (Fsp3) is 0. The van der Waals surface area contributed by atoms with Crippen LogP contribution in [0.5, 0.6) is 0 Å². The topological polar surface area (TPSA) is 70.6 Å². The number of hydrogen-bond acceptors (Lipinski definition) is 3. The third-order valence-corrected chi connectivity index (χ3v) is 11.0. The van der Waals surface area contributed by atoms with Crippen molar-refractivity contribution in [1.29, 1.82) is 10.5 Å². The number of rotatable bonds is 4. The maximum absolute atomic E-state index is 10.2. The minimum absolute atomic E-state index is 0.549. The number of benzene rings is 8. The summed E-state index contributed by atoms with van der Waals surface area (Å²) in [6, 6.07) is 63.1. The van der Waals surface area contributed by atoms with Crippen LogP contribution in [-0.2, 0) is 0 Å². The summed E-state index contributed by atoms with van der Waals surface area (Å²) in [5.41, 5.74) is 12.8. The molecule has 0 N–H and O–H groups in total. The molecule has 8 aromatic carbocycles. The van der Waals surface area contributed by atoms with Gasteiger partial charge in [0.25, 0.3) is 0 Å². The maximum atomic E-state index is 10.2. The second-order valence-electron chi connectivity index (χ2n) is 13.9. The van der Waals surface area contributed by atoms with E-state index in [0.717, 1.165) is 88.4 Å². The van der Waals surface area contributed by atoms with Crippen LogP contribution in [0.25, 0.3) is 99.2 Å². The van der Waals surface area contributed by atoms with E-state index in [1.165, 1.54) is 10.8 Å². The van der Waals surface area contributed by atoms with Crippen LogP contribution < -0.4 is 0 Å². The van der Waals surface area contributed by atoms with E-state index in [1.54, 1.807) is 6.07 Å². The Morgan fingerprint density at radius 1 is 0.436 bits per heavy atom. The SMILES string of the molecule is N#Cc1cccc(-c2cc(-c3ccc(-n4c5ccccc5c5c6oc7ccccc7c6ccc54)cc3-n3c4ccccc4c4ccccc43)ccc2C#N)c1. The van der Waals surface area contributed by atoms with E-state index >= 15 is 0 Å². The summed E-state index contributed by atoms with van der Waals surface area (Å²) < 4.78 is 11.3. The molecule has 11 rings (SSSR count). The molecule has 0 aliphatic rings. The molecule has 0 bridgehead atoms. The van der Waals surface area contributed by atoms with Gasteiger partial charge in [0.15, 0.2) is 0 Å². The Hall–Kier alpha value is -7.86. The summed E-state index contributed by atoms with van der Waals surface area (Å²) in [7, 11) is 0. The highest BCUT2D eigenvalue weighted by Gasteiger charge is 2.22. The highest BCUT2D eigenvalue weighted by molar-refractivity contribution is 6.24. The molecule has 0 saturated heterocycles. The number of hydrogen-bond donors (Lipinski definition) is 0. The predicted octanol–water partition coefficient (Wildman–Crippen LogP) is 12.9. The van der Waals surface area contributed by atoms with Crippen molar-refractivity contribution in [2.45, 2.75) is 0 Å². The molecule has 11 aromatic rings. The Balaban J connectivity index is 1.23. The van der Waals surface area contributed by atoms with Crippen LogP contribution in [0.3, 0.4) is 0 Å². The van der Waals surface area contributed by atoms with Gasteiger partial charge in [-0.1, -0.05) is 97.1 Å². The van der Waals surface area contributed by atoms with E-state index in [2.05, 4.69) is 143 Å². The van der Waals surface area contributed by atoms with Gasteiger partial charge >= 0.3 is 0 Å². The first-order valence-corrected chi connectivity index (χ1v) is 18.2. The fourth-order valence-corrected chi connectivity index (χ4v) is 8.59. The number of aromatic nitrogens is 2. The first kappa shape index (κ1) is 30.7. The van der Waals surface area contributed by atoms with E-state index in [-0.39, 0.29) is 0 Å². The van der Waals surface area contributed by atoms with Gasteiger partial charge in [0.2, 0.25) is 0 Å². The summed E-state index contributed by atoms with van der Waals surface area (Å²) in [6.45, 7) is 0. The van der Waals surface area contributed by atoms with Gasteiger partial charge in [0.05, 0.1) is 56.4 Å². The molecule has 0 spiro atoms. The summed E-state index contributed by atoms with van der Waals surface area (Å²) >= 11 is 0. The molecule has 5 nitrogen and oxygen atoms in total. The maximum Gasteiger partial charge on any atom is 0.145 e. The Morgan fingerprint density at radius 3 is 1.85 bits per heavy atom. The second-order valence-corrected chi connectivity index (χ2v) is 13.9. The van der Waals surface area contributed by atoms with Crippen molar-refractivity contribution in [2.75, 3.05) is 0 Å². The molecule has 0 radical (unpaired) electrons. The first-order chi connectivity index (χ1) is 27.2. The quantitative estimate of drug-likeness (QED) is 0.183. The van der Waals surface area contributed by atoms with Crippen LogP contribution in [0.1, 0.15) is 11.1 Å². The van der Waals surface area contributed by atoms with Crippen molar-refractivity contribution < 1.29 is 4.42 Å². The minimum Gasteiger partial charge on any atom is -0.455 e. The number of furan rings is 1. The van der Waals surface area contributed by atoms with Crippen molar-refractivity contribution in [1.82, 2.24) is 9.13 Å². The minimum atomic E-state index is 0.549. The van der Waals surface area contributed by atoms with E-state index in [1.807, 2.05) is 42.5 Å². The predicted molar refractivity (Wildman–Crippen MR) is 223 cm³/mol. The standard InChI is InChI=1S/C50H28N4O/c51-29-31-10-9-11-32(26-31)42-27-33(20-21-34(42)30-52)36-23-22-35(28-47(36)54-43-16-5-1-12-37(43)38-13-2-6-17-44(38)54)53-45-18-7-3-15-41(45)49-46(53)25-24-40-39-14-4-8-19-48(39)55-50(40)49/h1-28H.